The van der Waals surface area contributed by atoms with E-state index < -0.39 is 11.7 Å². The van der Waals surface area contributed by atoms with Crippen LogP contribution in [0.15, 0.2) is 18.2 Å². The molecule has 1 atom stereocenters. The predicted octanol–water partition coefficient (Wildman–Crippen LogP) is 3.90. The van der Waals surface area contributed by atoms with Gasteiger partial charge in [-0.1, -0.05) is 0 Å². The highest BCUT2D eigenvalue weighted by atomic mass is 127. The highest BCUT2D eigenvalue weighted by Crippen LogP contribution is 2.35. The summed E-state index contributed by atoms with van der Waals surface area (Å²) >= 11 is 7.54. The van der Waals surface area contributed by atoms with Crippen molar-refractivity contribution in [2.24, 2.45) is 5.92 Å². The number of nitrogens with zero attached hydrogens (tertiary/aromatic N) is 1. The average molecular weight is 404 g/mol. The van der Waals surface area contributed by atoms with Crippen LogP contribution in [0.25, 0.3) is 0 Å². The fourth-order valence-corrected chi connectivity index (χ4v) is 3.03. The van der Waals surface area contributed by atoms with Crippen molar-refractivity contribution >= 4 is 45.8 Å². The number of hydrogen-bond acceptors (Lipinski definition) is 1. The van der Waals surface area contributed by atoms with Gasteiger partial charge in [-0.3, -0.25) is 4.79 Å². The van der Waals surface area contributed by atoms with Crippen LogP contribution in [0.2, 0.25) is 0 Å². The van der Waals surface area contributed by atoms with Gasteiger partial charge in [0.25, 0.3) is 0 Å². The molecule has 0 saturated carbocycles. The highest BCUT2D eigenvalue weighted by Gasteiger charge is 2.34. The van der Waals surface area contributed by atoms with Crippen molar-refractivity contribution < 1.29 is 18.0 Å². The molecule has 0 bridgehead atoms. The third-order valence-electron chi connectivity index (χ3n) is 2.99. The van der Waals surface area contributed by atoms with Gasteiger partial charge in [0.15, 0.2) is 0 Å². The fraction of sp³-hybridized carbons (Fsp3) is 0.417. The van der Waals surface area contributed by atoms with Crippen LogP contribution in [0.3, 0.4) is 0 Å². The van der Waals surface area contributed by atoms with Gasteiger partial charge in [-0.05, 0) is 46.7 Å². The van der Waals surface area contributed by atoms with E-state index >= 15 is 0 Å². The van der Waals surface area contributed by atoms with E-state index in [1.54, 1.807) is 0 Å². The molecule has 104 valence electrons. The molecular formula is C12H10ClF3INO. The average Bonchev–Trinajstić information content (AvgIpc) is 2.69. The lowest BCUT2D eigenvalue weighted by molar-refractivity contribution is -0.137. The summed E-state index contributed by atoms with van der Waals surface area (Å²) in [5, 5.41) is 0. The number of carbonyl (C=O) groups is 1. The van der Waals surface area contributed by atoms with Crippen LogP contribution in [0.5, 0.6) is 0 Å². The minimum absolute atomic E-state index is 0.0623. The summed E-state index contributed by atoms with van der Waals surface area (Å²) in [7, 11) is 0. The van der Waals surface area contributed by atoms with E-state index in [2.05, 4.69) is 0 Å². The predicted molar refractivity (Wildman–Crippen MR) is 75.3 cm³/mol. The van der Waals surface area contributed by atoms with Crippen molar-refractivity contribution in [1.82, 2.24) is 0 Å². The first-order chi connectivity index (χ1) is 8.82. The van der Waals surface area contributed by atoms with Crippen molar-refractivity contribution in [1.29, 1.82) is 0 Å². The summed E-state index contributed by atoms with van der Waals surface area (Å²) in [5.74, 6) is 0.343. The zero-order valence-corrected chi connectivity index (χ0v) is 12.6. The Hall–Kier alpha value is -0.500. The van der Waals surface area contributed by atoms with Gasteiger partial charge < -0.3 is 4.90 Å². The van der Waals surface area contributed by atoms with Gasteiger partial charge in [0, 0.05) is 22.4 Å². The van der Waals surface area contributed by atoms with E-state index in [9.17, 15) is 18.0 Å². The van der Waals surface area contributed by atoms with Gasteiger partial charge in [-0.15, -0.1) is 11.6 Å². The second kappa shape index (κ2) is 5.47. The Morgan fingerprint density at radius 3 is 2.58 bits per heavy atom. The maximum atomic E-state index is 12.6. The van der Waals surface area contributed by atoms with Crippen LogP contribution in [0, 0.1) is 9.49 Å². The third-order valence-corrected chi connectivity index (χ3v) is 4.29. The summed E-state index contributed by atoms with van der Waals surface area (Å²) in [6, 6.07) is 3.40. The Bertz CT molecular complexity index is 506. The number of amides is 1. The van der Waals surface area contributed by atoms with Crippen LogP contribution < -0.4 is 4.90 Å². The van der Waals surface area contributed by atoms with E-state index in [4.69, 9.17) is 11.6 Å². The summed E-state index contributed by atoms with van der Waals surface area (Å²) in [6.45, 7) is 0.462. The Balaban J connectivity index is 2.30. The molecule has 1 fully saturated rings. The second-order valence-corrected chi connectivity index (χ2v) is 5.86. The molecule has 19 heavy (non-hydrogen) atoms. The maximum absolute atomic E-state index is 12.6. The molecule has 2 nitrogen and oxygen atoms in total. The van der Waals surface area contributed by atoms with Gasteiger partial charge in [0.2, 0.25) is 5.91 Å². The maximum Gasteiger partial charge on any atom is 0.416 e. The van der Waals surface area contributed by atoms with E-state index in [1.165, 1.54) is 11.0 Å². The molecule has 0 radical (unpaired) electrons. The van der Waals surface area contributed by atoms with Crippen LogP contribution >= 0.6 is 34.2 Å². The molecule has 7 heteroatoms. The number of benzene rings is 1. The molecule has 0 spiro atoms. The van der Waals surface area contributed by atoms with Gasteiger partial charge in [0.1, 0.15) is 0 Å². The Morgan fingerprint density at radius 2 is 2.11 bits per heavy atom. The lowest BCUT2D eigenvalue weighted by atomic mass is 10.1. The number of anilines is 1. The summed E-state index contributed by atoms with van der Waals surface area (Å²) in [5.41, 5.74) is -0.188. The molecule has 1 heterocycles. The Kier molecular flexibility index (Phi) is 4.29. The quantitative estimate of drug-likeness (QED) is 0.542. The standard InChI is InChI=1S/C12H10ClF3INO/c13-5-7-3-11(19)18(6-7)10-2-1-8(4-9(10)17)12(14,15)16/h1-2,4,7H,3,5-6H2. The zero-order chi connectivity index (χ0) is 14.2. The largest absolute Gasteiger partial charge is 0.416 e. The van der Waals surface area contributed by atoms with Crippen molar-refractivity contribution in [3.63, 3.8) is 0 Å². The molecule has 2 rings (SSSR count). The minimum Gasteiger partial charge on any atom is -0.311 e. The van der Waals surface area contributed by atoms with E-state index in [1.807, 2.05) is 22.6 Å². The van der Waals surface area contributed by atoms with Crippen LogP contribution in [-0.4, -0.2) is 18.3 Å². The van der Waals surface area contributed by atoms with Crippen LogP contribution in [-0.2, 0) is 11.0 Å². The molecule has 0 aromatic heterocycles. The first-order valence-electron chi connectivity index (χ1n) is 5.56. The first kappa shape index (κ1) is 14.9. The van der Waals surface area contributed by atoms with Gasteiger partial charge in [-0.2, -0.15) is 13.2 Å². The lowest BCUT2D eigenvalue weighted by Crippen LogP contribution is -2.25. The molecule has 0 N–H and O–H groups in total. The number of alkyl halides is 4. The Morgan fingerprint density at radius 1 is 1.42 bits per heavy atom. The van der Waals surface area contributed by atoms with Crippen molar-refractivity contribution in [3.8, 4) is 0 Å². The molecule has 1 aromatic carbocycles. The summed E-state index contributed by atoms with van der Waals surface area (Å²) < 4.78 is 38.1. The van der Waals surface area contributed by atoms with Crippen molar-refractivity contribution in [3.05, 3.63) is 27.3 Å². The zero-order valence-electron chi connectivity index (χ0n) is 9.68. The second-order valence-electron chi connectivity index (χ2n) is 4.39. The minimum atomic E-state index is -4.37. The molecular weight excluding hydrogens is 393 g/mol. The molecule has 1 aliphatic heterocycles. The molecule has 1 saturated heterocycles. The number of carbonyl (C=O) groups excluding carboxylic acids is 1. The molecule has 0 aliphatic carbocycles. The molecule has 1 unspecified atom stereocenters. The lowest BCUT2D eigenvalue weighted by Gasteiger charge is -2.19. The van der Waals surface area contributed by atoms with Gasteiger partial charge in [-0.25, -0.2) is 0 Å². The van der Waals surface area contributed by atoms with Crippen LogP contribution in [0.1, 0.15) is 12.0 Å². The van der Waals surface area contributed by atoms with E-state index in [-0.39, 0.29) is 11.8 Å². The highest BCUT2D eigenvalue weighted by molar-refractivity contribution is 14.1. The summed E-state index contributed by atoms with van der Waals surface area (Å²) in [4.78, 5) is 13.3. The molecule has 1 aromatic rings. The Labute approximate surface area is 127 Å². The third kappa shape index (κ3) is 3.16. The first-order valence-corrected chi connectivity index (χ1v) is 7.17. The van der Waals surface area contributed by atoms with E-state index in [0.717, 1.165) is 12.1 Å². The number of rotatable bonds is 2. The monoisotopic (exact) mass is 403 g/mol. The number of hydrogen-bond donors (Lipinski definition) is 0. The molecule has 1 aliphatic rings. The van der Waals surface area contributed by atoms with E-state index in [0.29, 0.717) is 28.1 Å². The van der Waals surface area contributed by atoms with Crippen molar-refractivity contribution in [2.45, 2.75) is 12.6 Å². The summed E-state index contributed by atoms with van der Waals surface area (Å²) in [6.07, 6.45) is -4.02. The normalized spacial score (nSPS) is 20.2. The number of halogens is 5. The SMILES string of the molecule is O=C1CC(CCl)CN1c1ccc(C(F)(F)F)cc1I. The fourth-order valence-electron chi connectivity index (χ4n) is 2.02. The van der Waals surface area contributed by atoms with Gasteiger partial charge >= 0.3 is 6.18 Å². The van der Waals surface area contributed by atoms with Crippen LogP contribution in [0.4, 0.5) is 18.9 Å². The van der Waals surface area contributed by atoms with Gasteiger partial charge in [0.05, 0.1) is 11.3 Å². The topological polar surface area (TPSA) is 20.3 Å². The van der Waals surface area contributed by atoms with Crippen molar-refractivity contribution in [2.75, 3.05) is 17.3 Å². The molecule has 1 amide bonds. The smallest absolute Gasteiger partial charge is 0.311 e.